The average Bonchev–Trinajstić information content (AvgIpc) is 0.699. The van der Waals surface area contributed by atoms with Crippen molar-refractivity contribution < 1.29 is 198 Å². The van der Waals surface area contributed by atoms with Crippen molar-refractivity contribution in [3.63, 3.8) is 0 Å². The Labute approximate surface area is 558 Å². The highest BCUT2D eigenvalue weighted by atomic mass is 28.6. The van der Waals surface area contributed by atoms with Crippen molar-refractivity contribution in [3.8, 4) is 0 Å². The quantitative estimate of drug-likeness (QED) is 0.0199. The highest BCUT2D eigenvalue weighted by Crippen LogP contribution is 2.49. The van der Waals surface area contributed by atoms with E-state index in [1.165, 1.54) is 52.4 Å². The van der Waals surface area contributed by atoms with Gasteiger partial charge in [-0.05, 0) is 109 Å². The minimum Gasteiger partial charge on any atom is -0.395 e. The summed E-state index contributed by atoms with van der Waals surface area (Å²) in [6.07, 6.45) is -2.08. The van der Waals surface area contributed by atoms with E-state index in [0.29, 0.717) is 0 Å². The molecule has 4 fully saturated rings. The second-order valence-corrected chi connectivity index (χ2v) is 74.4. The van der Waals surface area contributed by atoms with Gasteiger partial charge in [-0.1, -0.05) is 0 Å². The highest BCUT2D eigenvalue weighted by molar-refractivity contribution is 6.99. The maximum absolute atomic E-state index is 13.4. The first-order valence-corrected chi connectivity index (χ1v) is 68.7. The van der Waals surface area contributed by atoms with E-state index < -0.39 is 281 Å². The van der Waals surface area contributed by atoms with Crippen LogP contribution in [0.2, 0.25) is 107 Å². The van der Waals surface area contributed by atoms with Crippen molar-refractivity contribution in [2.75, 3.05) is 46.2 Å². The normalized spacial score (nSPS) is 29.1. The molecule has 0 amide bonds. The lowest BCUT2D eigenvalue weighted by molar-refractivity contribution is -0.121. The van der Waals surface area contributed by atoms with Gasteiger partial charge in [0.05, 0.1) is 0 Å². The zero-order valence-corrected chi connectivity index (χ0v) is 72.6. The molecule has 4 rings (SSSR count). The van der Waals surface area contributed by atoms with Crippen LogP contribution in [-0.2, 0) is 92.7 Å². The second kappa shape index (κ2) is 35.1. The van der Waals surface area contributed by atoms with Crippen LogP contribution in [0.5, 0.6) is 0 Å². The first-order chi connectivity index (χ1) is 42.1. The van der Waals surface area contributed by atoms with Crippen LogP contribution in [0.25, 0.3) is 0 Å². The smallest absolute Gasteiger partial charge is 0.395 e. The molecule has 22 N–H and O–H groups in total. The van der Waals surface area contributed by atoms with E-state index in [4.69, 9.17) is 92.7 Å². The van der Waals surface area contributed by atoms with Crippen LogP contribution in [0.4, 0.5) is 0 Å². The monoisotopic (exact) mass is 1700 g/mol. The summed E-state index contributed by atoms with van der Waals surface area (Å²) in [7, 11) is -100.0. The fourth-order valence-corrected chi connectivity index (χ4v) is 65.9. The molecule has 6 bridgehead atoms. The van der Waals surface area contributed by atoms with E-state index in [9.17, 15) is 106 Å². The average molecular weight is 1710 g/mol. The van der Waals surface area contributed by atoms with Gasteiger partial charge in [0.15, 0.2) is 33.3 Å². The Balaban J connectivity index is 2.39. The topological polar surface area (TPSA) is 648 Å². The summed E-state index contributed by atoms with van der Waals surface area (Å²) in [6.45, 7) is 7.05. The number of hydrogen-bond acceptors (Lipinski definition) is 44. The number of rotatable bonds is 44. The molecule has 0 saturated carbocycles. The minimum absolute atomic E-state index is 0.196. The Morgan fingerprint density at radius 3 is 1.03 bits per heavy atom. The SMILES string of the molecule is C[Si](C)(CCO[SiH](O)O)O[Si]12O[SiH](OCCC[Si](O)(O)O)O[Si]3(O[Si](C)(C)CCC[Si](O)(O)O)O[Si]4(O[Si](C)(C)CC[Si](O)(O)O)O[Si](O)(OCCC[Si](O)(O)O)O[Si](OCCC[Si](O)(O)O)(O1)O[Si](O[Si](C)(C)CCO[SiH](O)O)(O4)O[Si](OCCCO[SiH](O)O)(O2)O3. The van der Waals surface area contributed by atoms with Crippen molar-refractivity contribution >= 4 is 179 Å². The van der Waals surface area contributed by atoms with Gasteiger partial charge in [-0.2, -0.15) is 0 Å². The second-order valence-electron chi connectivity index (χ2n) is 23.8. The van der Waals surface area contributed by atoms with Crippen molar-refractivity contribution in [2.45, 2.75) is 139 Å². The molecule has 4 aliphatic heterocycles. The van der Waals surface area contributed by atoms with Crippen LogP contribution in [0, 0.1) is 0 Å². The van der Waals surface area contributed by atoms with Gasteiger partial charge in [0.1, 0.15) is 0 Å². The molecule has 8 atom stereocenters. The van der Waals surface area contributed by atoms with E-state index >= 15 is 0 Å². The molecule has 64 heteroatoms. The van der Waals surface area contributed by atoms with E-state index in [2.05, 4.69) is 0 Å². The Kier molecular flexibility index (Phi) is 33.2. The third-order valence-corrected chi connectivity index (χ3v) is 62.2. The highest BCUT2D eigenvalue weighted by Gasteiger charge is 2.87. The predicted octanol–water partition coefficient (Wildman–Crippen LogP) is -11.4. The minimum atomic E-state index is -6.34. The van der Waals surface area contributed by atoms with Crippen LogP contribution >= 0.6 is 0 Å². The summed E-state index contributed by atoms with van der Waals surface area (Å²) in [6, 6.07) is -4.85. The molecule has 4 saturated heterocycles. The molecule has 552 valence electrons. The summed E-state index contributed by atoms with van der Waals surface area (Å²) in [5, 5.41) is 0. The summed E-state index contributed by atoms with van der Waals surface area (Å²) in [4.78, 5) is 225. The number of fused-ring (bicyclic) bond motifs is 4. The van der Waals surface area contributed by atoms with Crippen LogP contribution in [0.3, 0.4) is 0 Å². The maximum Gasteiger partial charge on any atom is 0.665 e. The van der Waals surface area contributed by atoms with Gasteiger partial charge in [0, 0.05) is 76.5 Å². The molecular formula is C29H92O44Si20. The first kappa shape index (κ1) is 88.0. The third-order valence-electron chi connectivity index (χ3n) is 12.3. The molecule has 4 aliphatic rings. The van der Waals surface area contributed by atoms with Gasteiger partial charge >= 0.3 is 145 Å². The lowest BCUT2D eigenvalue weighted by Crippen LogP contribution is -2.88. The number of hydrogen-bond donors (Lipinski definition) is 22. The Morgan fingerprint density at radius 1 is 0.301 bits per heavy atom. The lowest BCUT2D eigenvalue weighted by atomic mass is 10.5. The molecule has 0 aromatic rings. The molecule has 0 aromatic heterocycles. The summed E-state index contributed by atoms with van der Waals surface area (Å²) < 4.78 is 145. The lowest BCUT2D eigenvalue weighted by Gasteiger charge is -2.56. The summed E-state index contributed by atoms with van der Waals surface area (Å²) >= 11 is 0. The standard InChI is InChI=1S/C29H92O44Si20/c1-78(2,21-13-25-85(45,46)47)61-91-60-77(55-15-10-22-82(36,37)38)59-90(62-79(3,4)26-19-53-75(32)33)67-88(58-18-12-24-84(42,43)44)65-87(51,56-17-11-23-83(39,40)41)66-92(72-91,64-81(7,8)28-29-86(48,49)50)73-93(70-88,63-80(5,6)27-20-54-76(34)35)71-89(68-90,69-91)57-16-9-14-52-74(30)31/h30-51,74-77H,9-29H2,1-8H3. The van der Waals surface area contributed by atoms with E-state index in [1.54, 1.807) is 0 Å². The molecule has 93 heavy (non-hydrogen) atoms. The van der Waals surface area contributed by atoms with Gasteiger partial charge in [-0.25, -0.2) is 0 Å². The largest absolute Gasteiger partial charge is 0.665 e. The molecule has 0 aliphatic carbocycles. The molecule has 8 unspecified atom stereocenters. The molecule has 0 radical (unpaired) electrons. The van der Waals surface area contributed by atoms with Gasteiger partial charge in [-0.3, -0.25) is 0 Å². The van der Waals surface area contributed by atoms with Crippen molar-refractivity contribution in [1.29, 1.82) is 0 Å². The molecule has 44 nitrogen and oxygen atoms in total. The fraction of sp³-hybridized carbons (Fsp3) is 1.00. The van der Waals surface area contributed by atoms with Crippen LogP contribution in [0.1, 0.15) is 32.1 Å². The van der Waals surface area contributed by atoms with Crippen molar-refractivity contribution in [2.24, 2.45) is 0 Å². The molecule has 4 heterocycles. The maximum atomic E-state index is 13.4. The van der Waals surface area contributed by atoms with Gasteiger partial charge < -0.3 is 198 Å². The van der Waals surface area contributed by atoms with E-state index in [1.807, 2.05) is 0 Å². The van der Waals surface area contributed by atoms with Gasteiger partial charge in [0.2, 0.25) is 0 Å². The summed E-state index contributed by atoms with van der Waals surface area (Å²) in [5.41, 5.74) is 0. The fourth-order valence-electron chi connectivity index (χ4n) is 8.16. The van der Waals surface area contributed by atoms with Crippen molar-refractivity contribution in [1.82, 2.24) is 0 Å². The van der Waals surface area contributed by atoms with E-state index in [-0.39, 0.29) is 31.0 Å². The molecular weight excluding hydrogens is 1610 g/mol. The Bertz CT molecular complexity index is 2260. The summed E-state index contributed by atoms with van der Waals surface area (Å²) in [5.74, 6) is 0. The van der Waals surface area contributed by atoms with Crippen molar-refractivity contribution in [3.05, 3.63) is 0 Å². The van der Waals surface area contributed by atoms with Crippen LogP contribution in [-0.4, -0.2) is 330 Å². The Hall–Kier alpha value is 2.58. The van der Waals surface area contributed by atoms with Gasteiger partial charge in [-0.15, -0.1) is 0 Å². The van der Waals surface area contributed by atoms with Crippen LogP contribution in [0.15, 0.2) is 0 Å². The molecule has 0 spiro atoms. The first-order valence-electron chi connectivity index (χ1n) is 28.6. The van der Waals surface area contributed by atoms with Gasteiger partial charge in [0.25, 0.3) is 0 Å². The van der Waals surface area contributed by atoms with Crippen LogP contribution < -0.4 is 0 Å². The molecule has 0 aromatic carbocycles. The Morgan fingerprint density at radius 2 is 0.602 bits per heavy atom. The van der Waals surface area contributed by atoms with E-state index in [0.717, 1.165) is 0 Å². The zero-order valence-electron chi connectivity index (χ0n) is 52.0. The third kappa shape index (κ3) is 33.9. The zero-order chi connectivity index (χ0) is 70.7. The predicted molar refractivity (Wildman–Crippen MR) is 341 cm³/mol.